The van der Waals surface area contributed by atoms with E-state index in [2.05, 4.69) is 0 Å². The van der Waals surface area contributed by atoms with Crippen molar-refractivity contribution in [3.8, 4) is 5.75 Å². The van der Waals surface area contributed by atoms with Gasteiger partial charge in [0.05, 0.1) is 13.7 Å². The van der Waals surface area contributed by atoms with Crippen LogP contribution in [-0.4, -0.2) is 19.7 Å². The zero-order valence-corrected chi connectivity index (χ0v) is 9.23. The van der Waals surface area contributed by atoms with Crippen LogP contribution < -0.4 is 10.5 Å². The Kier molecular flexibility index (Phi) is 2.83. The van der Waals surface area contributed by atoms with Gasteiger partial charge >= 0.3 is 5.97 Å². The molecular formula is C12H15NO3. The van der Waals surface area contributed by atoms with Gasteiger partial charge in [0.1, 0.15) is 11.3 Å². The first-order valence-electron chi connectivity index (χ1n) is 5.27. The number of hydrogen-bond donors (Lipinski definition) is 1. The van der Waals surface area contributed by atoms with Crippen molar-refractivity contribution in [2.75, 3.05) is 13.7 Å². The lowest BCUT2D eigenvalue weighted by Crippen LogP contribution is -2.48. The molecule has 0 saturated carbocycles. The molecule has 0 aliphatic carbocycles. The Balaban J connectivity index is 2.37. The highest BCUT2D eigenvalue weighted by Gasteiger charge is 2.40. The van der Waals surface area contributed by atoms with Crippen molar-refractivity contribution >= 4 is 5.97 Å². The summed E-state index contributed by atoms with van der Waals surface area (Å²) in [5, 5.41) is 0. The van der Waals surface area contributed by atoms with Crippen LogP contribution in [0.4, 0.5) is 0 Å². The van der Waals surface area contributed by atoms with Crippen molar-refractivity contribution in [1.82, 2.24) is 0 Å². The number of carbonyl (C=O) groups is 1. The van der Waals surface area contributed by atoms with Gasteiger partial charge in [-0.15, -0.1) is 0 Å². The van der Waals surface area contributed by atoms with Crippen LogP contribution >= 0.6 is 0 Å². The van der Waals surface area contributed by atoms with Crippen molar-refractivity contribution in [3.05, 3.63) is 29.8 Å². The lowest BCUT2D eigenvalue weighted by atomic mass is 9.85. The SMILES string of the molecule is COc1cccc([C@]2(N)CCCOC2=O)c1. The van der Waals surface area contributed by atoms with Gasteiger partial charge in [0, 0.05) is 0 Å². The maximum atomic E-state index is 11.7. The number of rotatable bonds is 2. The molecule has 1 heterocycles. The van der Waals surface area contributed by atoms with Crippen molar-refractivity contribution in [1.29, 1.82) is 0 Å². The van der Waals surface area contributed by atoms with Crippen LogP contribution in [0.25, 0.3) is 0 Å². The van der Waals surface area contributed by atoms with E-state index < -0.39 is 5.54 Å². The van der Waals surface area contributed by atoms with Crippen molar-refractivity contribution < 1.29 is 14.3 Å². The molecule has 16 heavy (non-hydrogen) atoms. The quantitative estimate of drug-likeness (QED) is 0.762. The van der Waals surface area contributed by atoms with Crippen molar-refractivity contribution in [3.63, 3.8) is 0 Å². The molecule has 1 aromatic rings. The summed E-state index contributed by atoms with van der Waals surface area (Å²) in [6, 6.07) is 7.26. The maximum absolute atomic E-state index is 11.7. The van der Waals surface area contributed by atoms with E-state index in [4.69, 9.17) is 15.2 Å². The minimum absolute atomic E-state index is 0.355. The fraction of sp³-hybridized carbons (Fsp3) is 0.417. The van der Waals surface area contributed by atoms with Crippen LogP contribution in [0, 0.1) is 0 Å². The fourth-order valence-electron chi connectivity index (χ4n) is 1.91. The van der Waals surface area contributed by atoms with E-state index in [0.717, 1.165) is 12.0 Å². The van der Waals surface area contributed by atoms with Crippen LogP contribution in [0.15, 0.2) is 24.3 Å². The normalized spacial score (nSPS) is 25.0. The number of carbonyl (C=O) groups excluding carboxylic acids is 1. The molecule has 0 spiro atoms. The summed E-state index contributed by atoms with van der Waals surface area (Å²) in [6.45, 7) is 0.460. The Hall–Kier alpha value is -1.55. The number of nitrogens with two attached hydrogens (primary N) is 1. The van der Waals surface area contributed by atoms with Gasteiger partial charge in [-0.1, -0.05) is 12.1 Å². The third-order valence-corrected chi connectivity index (χ3v) is 2.90. The first kappa shape index (κ1) is 11.0. The van der Waals surface area contributed by atoms with E-state index in [1.54, 1.807) is 13.2 Å². The van der Waals surface area contributed by atoms with E-state index in [0.29, 0.717) is 18.8 Å². The molecule has 1 aromatic carbocycles. The van der Waals surface area contributed by atoms with E-state index in [-0.39, 0.29) is 5.97 Å². The second kappa shape index (κ2) is 4.14. The molecular weight excluding hydrogens is 206 g/mol. The summed E-state index contributed by atoms with van der Waals surface area (Å²) < 4.78 is 10.1. The van der Waals surface area contributed by atoms with Crippen molar-refractivity contribution in [2.24, 2.45) is 5.73 Å². The smallest absolute Gasteiger partial charge is 0.330 e. The highest BCUT2D eigenvalue weighted by Crippen LogP contribution is 2.30. The average Bonchev–Trinajstić information content (AvgIpc) is 2.33. The number of methoxy groups -OCH3 is 1. The summed E-state index contributed by atoms with van der Waals surface area (Å²) in [5.74, 6) is 0.340. The van der Waals surface area contributed by atoms with Gasteiger partial charge in [0.15, 0.2) is 0 Å². The molecule has 2 rings (SSSR count). The van der Waals surface area contributed by atoms with Gasteiger partial charge in [-0.2, -0.15) is 0 Å². The number of cyclic esters (lactones) is 1. The van der Waals surface area contributed by atoms with Gasteiger partial charge in [-0.25, -0.2) is 4.79 Å². The Labute approximate surface area is 94.3 Å². The standard InChI is InChI=1S/C12H15NO3/c1-15-10-5-2-4-9(8-10)12(13)6-3-7-16-11(12)14/h2,4-5,8H,3,6-7,13H2,1H3/t12-/m1/s1. The zero-order valence-electron chi connectivity index (χ0n) is 9.23. The first-order valence-corrected chi connectivity index (χ1v) is 5.27. The summed E-state index contributed by atoms with van der Waals surface area (Å²) in [7, 11) is 1.58. The Morgan fingerprint density at radius 1 is 1.50 bits per heavy atom. The number of esters is 1. The van der Waals surface area contributed by atoms with E-state index in [1.807, 2.05) is 18.2 Å². The molecule has 1 atom stereocenters. The highest BCUT2D eigenvalue weighted by molar-refractivity contribution is 5.83. The van der Waals surface area contributed by atoms with Gasteiger partial charge in [0.25, 0.3) is 0 Å². The third kappa shape index (κ3) is 1.76. The lowest BCUT2D eigenvalue weighted by Gasteiger charge is -2.31. The molecule has 1 aliphatic heterocycles. The van der Waals surface area contributed by atoms with E-state index in [1.165, 1.54) is 0 Å². The van der Waals surface area contributed by atoms with Crippen LogP contribution in [0.2, 0.25) is 0 Å². The topological polar surface area (TPSA) is 61.6 Å². The van der Waals surface area contributed by atoms with Gasteiger partial charge in [-0.3, -0.25) is 0 Å². The molecule has 1 fully saturated rings. The predicted octanol–water partition coefficient (Wildman–Crippen LogP) is 1.19. The second-order valence-electron chi connectivity index (χ2n) is 3.94. The van der Waals surface area contributed by atoms with Gasteiger partial charge in [0.2, 0.25) is 0 Å². The summed E-state index contributed by atoms with van der Waals surface area (Å²) in [4.78, 5) is 11.7. The van der Waals surface area contributed by atoms with E-state index in [9.17, 15) is 4.79 Å². The largest absolute Gasteiger partial charge is 0.497 e. The minimum atomic E-state index is -1.02. The van der Waals surface area contributed by atoms with Crippen LogP contribution in [-0.2, 0) is 15.1 Å². The molecule has 4 heteroatoms. The van der Waals surface area contributed by atoms with Gasteiger partial charge in [-0.05, 0) is 30.5 Å². The lowest BCUT2D eigenvalue weighted by molar-refractivity contribution is -0.155. The number of benzene rings is 1. The number of ether oxygens (including phenoxy) is 2. The van der Waals surface area contributed by atoms with Crippen LogP contribution in [0.3, 0.4) is 0 Å². The molecule has 86 valence electrons. The second-order valence-corrected chi connectivity index (χ2v) is 3.94. The third-order valence-electron chi connectivity index (χ3n) is 2.90. The van der Waals surface area contributed by atoms with Crippen molar-refractivity contribution in [2.45, 2.75) is 18.4 Å². The summed E-state index contributed by atoms with van der Waals surface area (Å²) in [6.07, 6.45) is 1.40. The highest BCUT2D eigenvalue weighted by atomic mass is 16.5. The molecule has 0 radical (unpaired) electrons. The maximum Gasteiger partial charge on any atom is 0.330 e. The average molecular weight is 221 g/mol. The molecule has 2 N–H and O–H groups in total. The Morgan fingerprint density at radius 2 is 2.31 bits per heavy atom. The molecule has 1 aliphatic rings. The van der Waals surface area contributed by atoms with E-state index >= 15 is 0 Å². The van der Waals surface area contributed by atoms with Gasteiger partial charge < -0.3 is 15.2 Å². The molecule has 0 bridgehead atoms. The molecule has 4 nitrogen and oxygen atoms in total. The molecule has 1 saturated heterocycles. The number of hydrogen-bond acceptors (Lipinski definition) is 4. The van der Waals surface area contributed by atoms with Crippen LogP contribution in [0.5, 0.6) is 5.75 Å². The minimum Gasteiger partial charge on any atom is -0.497 e. The summed E-state index contributed by atoms with van der Waals surface area (Å²) in [5.41, 5.74) is 5.84. The zero-order chi connectivity index (χ0) is 11.6. The summed E-state index contributed by atoms with van der Waals surface area (Å²) >= 11 is 0. The first-order chi connectivity index (χ1) is 7.66. The monoisotopic (exact) mass is 221 g/mol. The predicted molar refractivity (Wildman–Crippen MR) is 59.1 cm³/mol. The Morgan fingerprint density at radius 3 is 3.00 bits per heavy atom. The van der Waals surface area contributed by atoms with Crippen LogP contribution in [0.1, 0.15) is 18.4 Å². The fourth-order valence-corrected chi connectivity index (χ4v) is 1.91. The Bertz CT molecular complexity index is 405. The molecule has 0 aromatic heterocycles. The molecule has 0 amide bonds. The molecule has 0 unspecified atom stereocenters.